The summed E-state index contributed by atoms with van der Waals surface area (Å²) in [4.78, 5) is 2.31. The van der Waals surface area contributed by atoms with Crippen LogP contribution in [-0.2, 0) is 10.0 Å². The molecule has 7 nitrogen and oxygen atoms in total. The Morgan fingerprint density at radius 1 is 0.929 bits per heavy atom. The molecule has 0 radical (unpaired) electrons. The van der Waals surface area contributed by atoms with Gasteiger partial charge in [-0.1, -0.05) is 12.1 Å². The molecule has 0 saturated carbocycles. The zero-order valence-electron chi connectivity index (χ0n) is 16.4. The number of anilines is 1. The van der Waals surface area contributed by atoms with E-state index in [9.17, 15) is 8.42 Å². The highest BCUT2D eigenvalue weighted by molar-refractivity contribution is 7.89. The van der Waals surface area contributed by atoms with Crippen molar-refractivity contribution in [3.63, 3.8) is 0 Å². The van der Waals surface area contributed by atoms with Crippen LogP contribution < -0.4 is 19.1 Å². The van der Waals surface area contributed by atoms with E-state index in [-0.39, 0.29) is 10.6 Å². The van der Waals surface area contributed by atoms with Gasteiger partial charge in [0.05, 0.1) is 26.5 Å². The molecule has 3 rings (SSSR count). The number of piperazine rings is 1. The Morgan fingerprint density at radius 2 is 1.64 bits per heavy atom. The molecular weight excluding hydrogens is 380 g/mol. The number of hydrogen-bond donors (Lipinski definition) is 0. The minimum absolute atomic E-state index is 0.152. The molecule has 28 heavy (non-hydrogen) atoms. The third-order valence-electron chi connectivity index (χ3n) is 4.73. The average molecular weight is 407 g/mol. The predicted molar refractivity (Wildman–Crippen MR) is 108 cm³/mol. The van der Waals surface area contributed by atoms with Crippen molar-refractivity contribution in [2.45, 2.75) is 11.8 Å². The number of para-hydroxylation sites is 2. The summed E-state index contributed by atoms with van der Waals surface area (Å²) in [6, 6.07) is 12.6. The van der Waals surface area contributed by atoms with Crippen molar-refractivity contribution in [2.24, 2.45) is 0 Å². The molecule has 8 heteroatoms. The van der Waals surface area contributed by atoms with Crippen molar-refractivity contribution in [2.75, 3.05) is 51.9 Å². The van der Waals surface area contributed by atoms with Gasteiger partial charge in [-0.2, -0.15) is 4.31 Å². The Morgan fingerprint density at radius 3 is 2.29 bits per heavy atom. The van der Waals surface area contributed by atoms with Crippen molar-refractivity contribution in [3.8, 4) is 17.2 Å². The molecule has 0 amide bonds. The highest BCUT2D eigenvalue weighted by Crippen LogP contribution is 2.33. The number of ether oxygens (including phenoxy) is 3. The Balaban J connectivity index is 1.78. The SMILES string of the molecule is CCOc1ccccc1N1CCN(S(=O)(=O)c2ccc(OC)cc2OC)CC1. The van der Waals surface area contributed by atoms with E-state index in [1.807, 2.05) is 31.2 Å². The predicted octanol–water partition coefficient (Wildman–Crippen LogP) is 2.61. The molecular formula is C20H26N2O5S. The van der Waals surface area contributed by atoms with Crippen LogP contribution in [0.25, 0.3) is 0 Å². The Hall–Kier alpha value is -2.45. The number of sulfonamides is 1. The van der Waals surface area contributed by atoms with Crippen molar-refractivity contribution >= 4 is 15.7 Å². The molecule has 1 aliphatic rings. The molecule has 1 heterocycles. The third kappa shape index (κ3) is 4.02. The fraction of sp³-hybridized carbons (Fsp3) is 0.400. The summed E-state index contributed by atoms with van der Waals surface area (Å²) < 4.78 is 43.9. The van der Waals surface area contributed by atoms with E-state index in [1.54, 1.807) is 12.1 Å². The van der Waals surface area contributed by atoms with Crippen LogP contribution in [-0.4, -0.2) is 59.7 Å². The van der Waals surface area contributed by atoms with Crippen molar-refractivity contribution in [1.82, 2.24) is 4.31 Å². The molecule has 0 aliphatic carbocycles. The van der Waals surface area contributed by atoms with E-state index in [1.165, 1.54) is 24.6 Å². The summed E-state index contributed by atoms with van der Waals surface area (Å²) in [6.45, 7) is 4.48. The van der Waals surface area contributed by atoms with Gasteiger partial charge in [0, 0.05) is 32.2 Å². The lowest BCUT2D eigenvalue weighted by Crippen LogP contribution is -2.48. The van der Waals surface area contributed by atoms with Gasteiger partial charge in [-0.15, -0.1) is 0 Å². The maximum Gasteiger partial charge on any atom is 0.246 e. The molecule has 0 bridgehead atoms. The van der Waals surface area contributed by atoms with Crippen LogP contribution >= 0.6 is 0 Å². The maximum absolute atomic E-state index is 13.1. The fourth-order valence-corrected chi connectivity index (χ4v) is 4.85. The second-order valence-electron chi connectivity index (χ2n) is 6.31. The van der Waals surface area contributed by atoms with Crippen LogP contribution in [0.3, 0.4) is 0 Å². The van der Waals surface area contributed by atoms with Gasteiger partial charge in [-0.25, -0.2) is 8.42 Å². The lowest BCUT2D eigenvalue weighted by Gasteiger charge is -2.36. The first kappa shape index (κ1) is 20.3. The molecule has 1 aliphatic heterocycles. The van der Waals surface area contributed by atoms with Crippen LogP contribution in [0.1, 0.15) is 6.92 Å². The zero-order valence-corrected chi connectivity index (χ0v) is 17.2. The van der Waals surface area contributed by atoms with Gasteiger partial charge in [0.15, 0.2) is 0 Å². The molecule has 0 atom stereocenters. The molecule has 0 unspecified atom stereocenters. The monoisotopic (exact) mass is 406 g/mol. The number of rotatable bonds is 7. The summed E-state index contributed by atoms with van der Waals surface area (Å²) in [5.41, 5.74) is 0.989. The molecule has 0 aromatic heterocycles. The lowest BCUT2D eigenvalue weighted by molar-refractivity contribution is 0.336. The van der Waals surface area contributed by atoms with Gasteiger partial charge in [0.25, 0.3) is 0 Å². The smallest absolute Gasteiger partial charge is 0.246 e. The van der Waals surface area contributed by atoms with Gasteiger partial charge < -0.3 is 19.1 Å². The molecule has 1 saturated heterocycles. The fourth-order valence-electron chi connectivity index (χ4n) is 3.29. The first-order chi connectivity index (χ1) is 13.5. The van der Waals surface area contributed by atoms with Crippen LogP contribution in [0.2, 0.25) is 0 Å². The van der Waals surface area contributed by atoms with Crippen LogP contribution in [0.15, 0.2) is 47.4 Å². The van der Waals surface area contributed by atoms with E-state index in [0.29, 0.717) is 38.5 Å². The van der Waals surface area contributed by atoms with Gasteiger partial charge >= 0.3 is 0 Å². The highest BCUT2D eigenvalue weighted by Gasteiger charge is 2.31. The summed E-state index contributed by atoms with van der Waals surface area (Å²) in [7, 11) is -0.676. The number of hydrogen-bond acceptors (Lipinski definition) is 6. The van der Waals surface area contributed by atoms with Crippen LogP contribution in [0.4, 0.5) is 5.69 Å². The maximum atomic E-state index is 13.1. The minimum atomic E-state index is -3.66. The van der Waals surface area contributed by atoms with Crippen molar-refractivity contribution < 1.29 is 22.6 Å². The molecule has 152 valence electrons. The first-order valence-corrected chi connectivity index (χ1v) is 10.6. The van der Waals surface area contributed by atoms with Crippen LogP contribution in [0, 0.1) is 0 Å². The quantitative estimate of drug-likeness (QED) is 0.704. The highest BCUT2D eigenvalue weighted by atomic mass is 32.2. The minimum Gasteiger partial charge on any atom is -0.497 e. The summed E-state index contributed by atoms with van der Waals surface area (Å²) in [5.74, 6) is 1.65. The Kier molecular flexibility index (Phi) is 6.31. The number of methoxy groups -OCH3 is 2. The molecule has 0 spiro atoms. The topological polar surface area (TPSA) is 68.3 Å². The lowest BCUT2D eigenvalue weighted by atomic mass is 10.2. The van der Waals surface area contributed by atoms with E-state index in [0.717, 1.165) is 11.4 Å². The van der Waals surface area contributed by atoms with E-state index in [2.05, 4.69) is 4.90 Å². The van der Waals surface area contributed by atoms with E-state index in [4.69, 9.17) is 14.2 Å². The number of nitrogens with zero attached hydrogens (tertiary/aromatic N) is 2. The van der Waals surface area contributed by atoms with Gasteiger partial charge in [-0.3, -0.25) is 0 Å². The Bertz CT molecular complexity index is 909. The normalized spacial score (nSPS) is 15.3. The van der Waals surface area contributed by atoms with E-state index < -0.39 is 10.0 Å². The molecule has 1 fully saturated rings. The average Bonchev–Trinajstić information content (AvgIpc) is 2.74. The molecule has 0 N–H and O–H groups in total. The van der Waals surface area contributed by atoms with Gasteiger partial charge in [0.2, 0.25) is 10.0 Å². The van der Waals surface area contributed by atoms with Gasteiger partial charge in [-0.05, 0) is 31.2 Å². The molecule has 2 aromatic carbocycles. The van der Waals surface area contributed by atoms with Crippen LogP contribution in [0.5, 0.6) is 17.2 Å². The molecule has 2 aromatic rings. The second-order valence-corrected chi connectivity index (χ2v) is 8.22. The Labute approximate surface area is 166 Å². The zero-order chi connectivity index (χ0) is 20.1. The summed E-state index contributed by atoms with van der Waals surface area (Å²) >= 11 is 0. The van der Waals surface area contributed by atoms with E-state index >= 15 is 0 Å². The van der Waals surface area contributed by atoms with Crippen molar-refractivity contribution in [3.05, 3.63) is 42.5 Å². The number of benzene rings is 2. The summed E-state index contributed by atoms with van der Waals surface area (Å²) in [6.07, 6.45) is 0. The first-order valence-electron chi connectivity index (χ1n) is 9.20. The third-order valence-corrected chi connectivity index (χ3v) is 6.67. The standard InChI is InChI=1S/C20H26N2O5S/c1-4-27-18-8-6-5-7-17(18)21-11-13-22(14-12-21)28(23,24)20-10-9-16(25-2)15-19(20)26-3/h5-10,15H,4,11-14H2,1-3H3. The second kappa shape index (κ2) is 8.70. The van der Waals surface area contributed by atoms with Gasteiger partial charge in [0.1, 0.15) is 22.1 Å². The largest absolute Gasteiger partial charge is 0.497 e. The van der Waals surface area contributed by atoms with Crippen molar-refractivity contribution in [1.29, 1.82) is 0 Å². The summed E-state index contributed by atoms with van der Waals surface area (Å²) in [5, 5.41) is 0.